The molecule has 0 atom stereocenters. The number of carboxylic acid groups (broad SMARTS) is 1. The number of methoxy groups -OCH3 is 1. The Morgan fingerprint density at radius 3 is 2.60 bits per heavy atom. The topological polar surface area (TPSA) is 132 Å². The molecule has 0 bridgehead atoms. The quantitative estimate of drug-likeness (QED) is 0.641. The van der Waals surface area contributed by atoms with E-state index in [1.165, 1.54) is 13.3 Å². The Morgan fingerprint density at radius 2 is 2.10 bits per heavy atom. The Balaban J connectivity index is 3.19. The van der Waals surface area contributed by atoms with Crippen LogP contribution in [0.25, 0.3) is 0 Å². The second-order valence-corrected chi connectivity index (χ2v) is 4.02. The van der Waals surface area contributed by atoms with Gasteiger partial charge in [-0.1, -0.05) is 0 Å². The molecule has 0 aliphatic rings. The van der Waals surface area contributed by atoms with Gasteiger partial charge in [0.05, 0.1) is 18.7 Å². The van der Waals surface area contributed by atoms with Gasteiger partial charge in [-0.15, -0.1) is 0 Å². The predicted octanol–water partition coefficient (Wildman–Crippen LogP) is -0.550. The van der Waals surface area contributed by atoms with E-state index in [1.54, 1.807) is 6.92 Å². The van der Waals surface area contributed by atoms with E-state index in [-0.39, 0.29) is 17.9 Å². The molecule has 8 nitrogen and oxygen atoms in total. The van der Waals surface area contributed by atoms with Crippen LogP contribution in [0.3, 0.4) is 0 Å². The highest BCUT2D eigenvalue weighted by Crippen LogP contribution is 2.17. The van der Waals surface area contributed by atoms with Crippen LogP contribution in [-0.4, -0.2) is 41.5 Å². The van der Waals surface area contributed by atoms with Gasteiger partial charge in [0.2, 0.25) is 5.91 Å². The molecular formula is C12H15N3O5. The lowest BCUT2D eigenvalue weighted by Crippen LogP contribution is -2.34. The minimum Gasteiger partial charge on any atom is -0.478 e. The van der Waals surface area contributed by atoms with Gasteiger partial charge < -0.3 is 20.9 Å². The van der Waals surface area contributed by atoms with Crippen LogP contribution in [-0.2, 0) is 16.1 Å². The zero-order chi connectivity index (χ0) is 15.3. The SMILES string of the molecule is COCc1cnc(C(=O)NCC(N)=O)c(C(=O)O)c1C. The number of nitrogens with one attached hydrogen (secondary N) is 1. The molecule has 0 unspecified atom stereocenters. The number of aromatic nitrogens is 1. The second kappa shape index (κ2) is 6.62. The summed E-state index contributed by atoms with van der Waals surface area (Å²) in [5.74, 6) is -2.78. The summed E-state index contributed by atoms with van der Waals surface area (Å²) in [6.45, 7) is 1.35. The van der Waals surface area contributed by atoms with Crippen LogP contribution < -0.4 is 11.1 Å². The Bertz CT molecular complexity index is 556. The van der Waals surface area contributed by atoms with Crippen molar-refractivity contribution < 1.29 is 24.2 Å². The van der Waals surface area contributed by atoms with Crippen molar-refractivity contribution in [3.05, 3.63) is 28.6 Å². The lowest BCUT2D eigenvalue weighted by Gasteiger charge is -2.11. The molecule has 0 saturated carbocycles. The molecule has 8 heteroatoms. The molecule has 0 aromatic carbocycles. The number of hydrogen-bond acceptors (Lipinski definition) is 5. The average molecular weight is 281 g/mol. The first-order valence-electron chi connectivity index (χ1n) is 5.65. The van der Waals surface area contributed by atoms with Crippen LogP contribution in [0.15, 0.2) is 6.20 Å². The van der Waals surface area contributed by atoms with E-state index in [1.807, 2.05) is 0 Å². The second-order valence-electron chi connectivity index (χ2n) is 4.02. The first-order valence-corrected chi connectivity index (χ1v) is 5.65. The number of rotatable bonds is 6. The molecule has 2 amide bonds. The summed E-state index contributed by atoms with van der Waals surface area (Å²) in [6, 6.07) is 0. The maximum absolute atomic E-state index is 11.8. The largest absolute Gasteiger partial charge is 0.478 e. The van der Waals surface area contributed by atoms with Crippen LogP contribution in [0.1, 0.15) is 32.0 Å². The zero-order valence-electron chi connectivity index (χ0n) is 11.1. The third-order valence-corrected chi connectivity index (χ3v) is 2.59. The smallest absolute Gasteiger partial charge is 0.338 e. The predicted molar refractivity (Wildman–Crippen MR) is 68.2 cm³/mol. The van der Waals surface area contributed by atoms with Crippen LogP contribution in [0.2, 0.25) is 0 Å². The van der Waals surface area contributed by atoms with Crippen molar-refractivity contribution in [2.75, 3.05) is 13.7 Å². The molecule has 0 aliphatic carbocycles. The molecule has 1 aromatic heterocycles. The molecule has 4 N–H and O–H groups in total. The highest BCUT2D eigenvalue weighted by atomic mass is 16.5. The van der Waals surface area contributed by atoms with Crippen molar-refractivity contribution in [2.24, 2.45) is 5.73 Å². The summed E-state index contributed by atoms with van der Waals surface area (Å²) < 4.78 is 4.93. The fourth-order valence-corrected chi connectivity index (χ4v) is 1.63. The van der Waals surface area contributed by atoms with E-state index in [4.69, 9.17) is 10.5 Å². The number of ether oxygens (including phenoxy) is 1. The highest BCUT2D eigenvalue weighted by Gasteiger charge is 2.22. The number of amides is 2. The monoisotopic (exact) mass is 281 g/mol. The van der Waals surface area contributed by atoms with Crippen LogP contribution in [0.5, 0.6) is 0 Å². The Labute approximate surface area is 114 Å². The summed E-state index contributed by atoms with van der Waals surface area (Å²) in [7, 11) is 1.47. The summed E-state index contributed by atoms with van der Waals surface area (Å²) in [5.41, 5.74) is 5.37. The minimum atomic E-state index is -1.28. The maximum atomic E-state index is 11.8. The first-order chi connectivity index (χ1) is 9.38. The number of primary amides is 1. The molecular weight excluding hydrogens is 266 g/mol. The molecule has 0 saturated heterocycles. The van der Waals surface area contributed by atoms with Gasteiger partial charge >= 0.3 is 5.97 Å². The lowest BCUT2D eigenvalue weighted by atomic mass is 10.0. The van der Waals surface area contributed by atoms with Gasteiger partial charge in [-0.2, -0.15) is 0 Å². The van der Waals surface area contributed by atoms with Gasteiger partial charge in [0.15, 0.2) is 0 Å². The molecule has 1 heterocycles. The van der Waals surface area contributed by atoms with Crippen LogP contribution in [0, 0.1) is 6.92 Å². The molecule has 20 heavy (non-hydrogen) atoms. The van der Waals surface area contributed by atoms with Crippen molar-refractivity contribution in [2.45, 2.75) is 13.5 Å². The van der Waals surface area contributed by atoms with Crippen molar-refractivity contribution in [3.63, 3.8) is 0 Å². The number of aromatic carboxylic acids is 1. The Hall–Kier alpha value is -2.48. The normalized spacial score (nSPS) is 10.1. The summed E-state index contributed by atoms with van der Waals surface area (Å²) in [4.78, 5) is 37.6. The number of nitrogens with two attached hydrogens (primary N) is 1. The molecule has 0 fully saturated rings. The first kappa shape index (κ1) is 15.6. The summed E-state index contributed by atoms with van der Waals surface area (Å²) >= 11 is 0. The van der Waals surface area contributed by atoms with E-state index in [0.717, 1.165) is 0 Å². The number of carbonyl (C=O) groups excluding carboxylic acids is 2. The van der Waals surface area contributed by atoms with Crippen molar-refractivity contribution in [3.8, 4) is 0 Å². The van der Waals surface area contributed by atoms with Crippen molar-refractivity contribution >= 4 is 17.8 Å². The Morgan fingerprint density at radius 1 is 1.45 bits per heavy atom. The number of hydrogen-bond donors (Lipinski definition) is 3. The van der Waals surface area contributed by atoms with Crippen LogP contribution in [0.4, 0.5) is 0 Å². The van der Waals surface area contributed by atoms with Crippen molar-refractivity contribution in [1.29, 1.82) is 0 Å². The molecule has 0 spiro atoms. The fourth-order valence-electron chi connectivity index (χ4n) is 1.63. The van der Waals surface area contributed by atoms with E-state index >= 15 is 0 Å². The van der Waals surface area contributed by atoms with E-state index in [9.17, 15) is 19.5 Å². The molecule has 108 valence electrons. The maximum Gasteiger partial charge on any atom is 0.338 e. The molecule has 0 aliphatic heterocycles. The van der Waals surface area contributed by atoms with E-state index in [2.05, 4.69) is 10.3 Å². The van der Waals surface area contributed by atoms with Gasteiger partial charge in [-0.25, -0.2) is 9.78 Å². The van der Waals surface area contributed by atoms with Gasteiger partial charge in [0, 0.05) is 13.3 Å². The lowest BCUT2D eigenvalue weighted by molar-refractivity contribution is -0.117. The van der Waals surface area contributed by atoms with Gasteiger partial charge in [-0.05, 0) is 18.1 Å². The number of carboxylic acids is 1. The van der Waals surface area contributed by atoms with Crippen LogP contribution >= 0.6 is 0 Å². The highest BCUT2D eigenvalue weighted by molar-refractivity contribution is 6.05. The summed E-state index contributed by atoms with van der Waals surface area (Å²) in [5, 5.41) is 11.4. The van der Waals surface area contributed by atoms with Gasteiger partial charge in [0.1, 0.15) is 5.69 Å². The van der Waals surface area contributed by atoms with E-state index < -0.39 is 24.3 Å². The number of pyridine rings is 1. The zero-order valence-corrected chi connectivity index (χ0v) is 11.1. The average Bonchev–Trinajstić information content (AvgIpc) is 2.37. The number of carbonyl (C=O) groups is 3. The minimum absolute atomic E-state index is 0.183. The van der Waals surface area contributed by atoms with Gasteiger partial charge in [0.25, 0.3) is 5.91 Å². The summed E-state index contributed by atoms with van der Waals surface area (Å²) in [6.07, 6.45) is 1.37. The molecule has 0 radical (unpaired) electrons. The standard InChI is InChI=1S/C12H15N3O5/c1-6-7(5-20-2)3-14-10(9(6)12(18)19)11(17)15-4-8(13)16/h3H,4-5H2,1-2H3,(H2,13,16)(H,15,17)(H,18,19). The van der Waals surface area contributed by atoms with E-state index in [0.29, 0.717) is 11.1 Å². The third kappa shape index (κ3) is 3.51. The third-order valence-electron chi connectivity index (χ3n) is 2.59. The Kier molecular flexibility index (Phi) is 5.15. The van der Waals surface area contributed by atoms with Gasteiger partial charge in [-0.3, -0.25) is 9.59 Å². The number of nitrogens with zero attached hydrogens (tertiary/aromatic N) is 1. The molecule has 1 aromatic rings. The fraction of sp³-hybridized carbons (Fsp3) is 0.333. The molecule has 1 rings (SSSR count). The van der Waals surface area contributed by atoms with Crippen molar-refractivity contribution in [1.82, 2.24) is 10.3 Å².